The fourth-order valence-corrected chi connectivity index (χ4v) is 11.0. The number of allylic oxidation sites excluding steroid dienone is 1. The van der Waals surface area contributed by atoms with Crippen molar-refractivity contribution in [1.29, 1.82) is 0 Å². The number of hydrogen-bond donors (Lipinski definition) is 0. The average molecular weight is 439 g/mol. The molecule has 5 aliphatic rings. The zero-order valence-corrected chi connectivity index (χ0v) is 21.8. The quantitative estimate of drug-likeness (QED) is 0.399. The van der Waals surface area contributed by atoms with Gasteiger partial charge in [-0.3, -0.25) is 9.59 Å². The first-order valence-electron chi connectivity index (χ1n) is 13.4. The fraction of sp³-hybridized carbons (Fsp3) is 0.867. The molecule has 0 aromatic heterocycles. The van der Waals surface area contributed by atoms with Crippen LogP contribution in [-0.2, 0) is 9.59 Å². The Bertz CT molecular complexity index is 883. The molecule has 0 aromatic carbocycles. The van der Waals surface area contributed by atoms with Crippen LogP contribution in [0.25, 0.3) is 0 Å². The molecule has 178 valence electrons. The molecule has 0 heterocycles. The van der Waals surface area contributed by atoms with Gasteiger partial charge in [0.1, 0.15) is 11.6 Å². The van der Waals surface area contributed by atoms with Gasteiger partial charge >= 0.3 is 0 Å². The van der Waals surface area contributed by atoms with Crippen LogP contribution in [0.5, 0.6) is 0 Å². The first-order chi connectivity index (χ1) is 14.7. The number of hydrogen-bond acceptors (Lipinski definition) is 2. The SMILES string of the molecule is C=C(C)[C@@H]1CC[C@]2(C)CC[C@]3(C)[C@H](CC(=O)[C@@H]4[C@@]5(C)CCC(=O)C(C)(C)[C@@H]5CC[C@]43C)[C@@H]12. The molecular formula is C30H46O2. The molecule has 5 rings (SSSR count). The third-order valence-corrected chi connectivity index (χ3v) is 12.9. The molecule has 0 amide bonds. The standard InChI is InChI=1S/C30H46O2/c1-18(2)19-9-12-27(5)15-16-29(7)20(24(19)27)17-21(31)25-28(6)13-11-23(32)26(3,4)22(28)10-14-30(25,29)8/h19-20,22,24-25H,1,9-17H2,2-8H3/t19-,20+,22-,24+,25+,27+,28-,29+,30+/m0/s1. The van der Waals surface area contributed by atoms with Crippen molar-refractivity contribution in [3.8, 4) is 0 Å². The van der Waals surface area contributed by atoms with Crippen molar-refractivity contribution in [1.82, 2.24) is 0 Å². The van der Waals surface area contributed by atoms with Gasteiger partial charge in [-0.1, -0.05) is 53.7 Å². The Morgan fingerprint density at radius 2 is 1.56 bits per heavy atom. The molecule has 32 heavy (non-hydrogen) atoms. The van der Waals surface area contributed by atoms with Crippen LogP contribution < -0.4 is 0 Å². The van der Waals surface area contributed by atoms with Crippen LogP contribution in [0.1, 0.15) is 106 Å². The van der Waals surface area contributed by atoms with Crippen LogP contribution in [-0.4, -0.2) is 11.6 Å². The number of fused-ring (bicyclic) bond motifs is 7. The third kappa shape index (κ3) is 2.54. The molecule has 5 fully saturated rings. The Labute approximate surface area is 196 Å². The van der Waals surface area contributed by atoms with Gasteiger partial charge in [0.25, 0.3) is 0 Å². The summed E-state index contributed by atoms with van der Waals surface area (Å²) in [5.41, 5.74) is 1.61. The molecule has 9 atom stereocenters. The third-order valence-electron chi connectivity index (χ3n) is 12.9. The average Bonchev–Trinajstić information content (AvgIpc) is 3.05. The first-order valence-corrected chi connectivity index (χ1v) is 13.4. The number of ketones is 2. The van der Waals surface area contributed by atoms with Gasteiger partial charge in [0, 0.05) is 24.2 Å². The summed E-state index contributed by atoms with van der Waals surface area (Å²) >= 11 is 0. The maximum Gasteiger partial charge on any atom is 0.138 e. The van der Waals surface area contributed by atoms with Gasteiger partial charge in [0.05, 0.1) is 0 Å². The van der Waals surface area contributed by atoms with Crippen molar-refractivity contribution >= 4 is 11.6 Å². The zero-order chi connectivity index (χ0) is 23.5. The monoisotopic (exact) mass is 438 g/mol. The number of carbonyl (C=O) groups excluding carboxylic acids is 2. The highest BCUT2D eigenvalue weighted by Gasteiger charge is 2.72. The van der Waals surface area contributed by atoms with E-state index in [1.165, 1.54) is 31.3 Å². The van der Waals surface area contributed by atoms with Crippen LogP contribution in [0.3, 0.4) is 0 Å². The minimum Gasteiger partial charge on any atom is -0.299 e. The van der Waals surface area contributed by atoms with E-state index in [0.717, 1.165) is 25.7 Å². The zero-order valence-electron chi connectivity index (χ0n) is 21.8. The largest absolute Gasteiger partial charge is 0.299 e. The molecule has 0 spiro atoms. The molecule has 5 saturated carbocycles. The molecule has 0 aliphatic heterocycles. The van der Waals surface area contributed by atoms with Crippen LogP contribution in [0.15, 0.2) is 12.2 Å². The van der Waals surface area contributed by atoms with Crippen LogP contribution >= 0.6 is 0 Å². The molecule has 0 aromatic rings. The van der Waals surface area contributed by atoms with Gasteiger partial charge in [0.15, 0.2) is 0 Å². The Balaban J connectivity index is 1.60. The van der Waals surface area contributed by atoms with E-state index in [1.54, 1.807) is 0 Å². The van der Waals surface area contributed by atoms with Crippen molar-refractivity contribution in [3.63, 3.8) is 0 Å². The summed E-state index contributed by atoms with van der Waals surface area (Å²) < 4.78 is 0. The molecular weight excluding hydrogens is 392 g/mol. The minimum absolute atomic E-state index is 0.0399. The minimum atomic E-state index is -0.298. The van der Waals surface area contributed by atoms with Crippen LogP contribution in [0.4, 0.5) is 0 Å². The molecule has 5 aliphatic carbocycles. The highest BCUT2D eigenvalue weighted by Crippen LogP contribution is 2.76. The molecule has 0 radical (unpaired) electrons. The van der Waals surface area contributed by atoms with E-state index in [1.807, 2.05) is 0 Å². The highest BCUT2D eigenvalue weighted by molar-refractivity contribution is 5.88. The summed E-state index contributed by atoms with van der Waals surface area (Å²) in [6.45, 7) is 21.0. The van der Waals surface area contributed by atoms with E-state index < -0.39 is 0 Å². The molecule has 0 saturated heterocycles. The lowest BCUT2D eigenvalue weighted by Crippen LogP contribution is -2.68. The second kappa shape index (κ2) is 6.60. The second-order valence-electron chi connectivity index (χ2n) is 14.5. The Hall–Kier alpha value is -0.920. The predicted molar refractivity (Wildman–Crippen MR) is 130 cm³/mol. The summed E-state index contributed by atoms with van der Waals surface area (Å²) in [5.74, 6) is 3.06. The molecule has 0 bridgehead atoms. The molecule has 0 N–H and O–H groups in total. The van der Waals surface area contributed by atoms with Crippen molar-refractivity contribution < 1.29 is 9.59 Å². The summed E-state index contributed by atoms with van der Waals surface area (Å²) in [5, 5.41) is 0. The summed E-state index contributed by atoms with van der Waals surface area (Å²) in [7, 11) is 0. The highest BCUT2D eigenvalue weighted by atomic mass is 16.1. The number of carbonyl (C=O) groups is 2. The van der Waals surface area contributed by atoms with Gasteiger partial charge in [0.2, 0.25) is 0 Å². The Morgan fingerprint density at radius 1 is 0.875 bits per heavy atom. The van der Waals surface area contributed by atoms with E-state index in [2.05, 4.69) is 55.0 Å². The molecule has 2 heteroatoms. The van der Waals surface area contributed by atoms with E-state index in [-0.39, 0.29) is 27.6 Å². The summed E-state index contributed by atoms with van der Waals surface area (Å²) in [6.07, 6.45) is 9.64. The van der Waals surface area contributed by atoms with Crippen molar-refractivity contribution in [3.05, 3.63) is 12.2 Å². The normalized spacial score (nSPS) is 54.3. The smallest absolute Gasteiger partial charge is 0.138 e. The van der Waals surface area contributed by atoms with E-state index in [9.17, 15) is 9.59 Å². The van der Waals surface area contributed by atoms with Gasteiger partial charge in [-0.05, 0) is 97.2 Å². The van der Waals surface area contributed by atoms with Crippen molar-refractivity contribution in [2.24, 2.45) is 56.7 Å². The van der Waals surface area contributed by atoms with E-state index in [0.29, 0.717) is 47.1 Å². The Kier molecular flexibility index (Phi) is 4.71. The lowest BCUT2D eigenvalue weighted by molar-refractivity contribution is -0.224. The van der Waals surface area contributed by atoms with Gasteiger partial charge in [-0.15, -0.1) is 0 Å². The van der Waals surface area contributed by atoms with Crippen LogP contribution in [0, 0.1) is 56.7 Å². The van der Waals surface area contributed by atoms with Gasteiger partial charge in [-0.2, -0.15) is 0 Å². The lowest BCUT2D eigenvalue weighted by atomic mass is 9.32. The summed E-state index contributed by atoms with van der Waals surface area (Å²) in [6, 6.07) is 0. The summed E-state index contributed by atoms with van der Waals surface area (Å²) in [4.78, 5) is 27.1. The maximum atomic E-state index is 14.2. The first kappa shape index (κ1) is 22.9. The van der Waals surface area contributed by atoms with Gasteiger partial charge < -0.3 is 0 Å². The van der Waals surface area contributed by atoms with Gasteiger partial charge in [-0.25, -0.2) is 0 Å². The molecule has 2 nitrogen and oxygen atoms in total. The van der Waals surface area contributed by atoms with Crippen molar-refractivity contribution in [2.75, 3.05) is 0 Å². The Morgan fingerprint density at radius 3 is 2.22 bits per heavy atom. The predicted octanol–water partition coefficient (Wildman–Crippen LogP) is 7.41. The molecule has 0 unspecified atom stereocenters. The topological polar surface area (TPSA) is 34.1 Å². The second-order valence-corrected chi connectivity index (χ2v) is 14.5. The van der Waals surface area contributed by atoms with E-state index >= 15 is 0 Å². The van der Waals surface area contributed by atoms with Crippen LogP contribution in [0.2, 0.25) is 0 Å². The van der Waals surface area contributed by atoms with Crippen molar-refractivity contribution in [2.45, 2.75) is 106 Å². The van der Waals surface area contributed by atoms with E-state index in [4.69, 9.17) is 0 Å². The number of Topliss-reactive ketones (excluding diaryl/α,β-unsaturated/α-hetero) is 2. The lowest BCUT2D eigenvalue weighted by Gasteiger charge is -2.71. The fourth-order valence-electron chi connectivity index (χ4n) is 11.0. The number of rotatable bonds is 1. The maximum absolute atomic E-state index is 14.2.